The van der Waals surface area contributed by atoms with Crippen LogP contribution in [-0.2, 0) is 17.6 Å². The van der Waals surface area contributed by atoms with Crippen LogP contribution >= 0.6 is 11.3 Å². The van der Waals surface area contributed by atoms with Gasteiger partial charge in [-0.2, -0.15) is 0 Å². The minimum absolute atomic E-state index is 0.0176. The number of thiophene rings is 1. The molecule has 1 saturated heterocycles. The molecule has 3 aromatic rings. The molecule has 3 heterocycles. The molecule has 0 bridgehead atoms. The van der Waals surface area contributed by atoms with Gasteiger partial charge in [-0.1, -0.05) is 37.3 Å². The summed E-state index contributed by atoms with van der Waals surface area (Å²) in [4.78, 5) is 26.0. The van der Waals surface area contributed by atoms with E-state index in [-0.39, 0.29) is 11.8 Å². The van der Waals surface area contributed by atoms with Crippen LogP contribution in [0.1, 0.15) is 36.0 Å². The smallest absolute Gasteiger partial charge is 0.220 e. The quantitative estimate of drug-likeness (QED) is 0.735. The number of nitrogens with two attached hydrogens (primary N) is 1. The highest BCUT2D eigenvalue weighted by atomic mass is 32.1. The molecule has 1 aliphatic heterocycles. The number of aromatic nitrogens is 2. The molecule has 0 spiro atoms. The van der Waals surface area contributed by atoms with Crippen LogP contribution in [0.15, 0.2) is 36.4 Å². The normalized spacial score (nSPS) is 15.4. The molecule has 2 aromatic heterocycles. The summed E-state index contributed by atoms with van der Waals surface area (Å²) >= 11 is 1.75. The molecule has 5 nitrogen and oxygen atoms in total. The van der Waals surface area contributed by atoms with E-state index in [1.165, 1.54) is 10.4 Å². The van der Waals surface area contributed by atoms with Gasteiger partial charge in [-0.3, -0.25) is 4.79 Å². The first kappa shape index (κ1) is 17.9. The monoisotopic (exact) mass is 380 g/mol. The molecule has 2 N–H and O–H groups in total. The Hall–Kier alpha value is -2.47. The van der Waals surface area contributed by atoms with Gasteiger partial charge in [0.05, 0.1) is 5.39 Å². The Kier molecular flexibility index (Phi) is 5.07. The number of hydrogen-bond donors (Lipinski definition) is 1. The van der Waals surface area contributed by atoms with Crippen LogP contribution in [0.25, 0.3) is 10.2 Å². The van der Waals surface area contributed by atoms with Gasteiger partial charge in [0.15, 0.2) is 0 Å². The van der Waals surface area contributed by atoms with Gasteiger partial charge >= 0.3 is 0 Å². The van der Waals surface area contributed by atoms with Crippen LogP contribution in [0.5, 0.6) is 0 Å². The number of benzene rings is 1. The third-order valence-corrected chi connectivity index (χ3v) is 6.39. The molecule has 0 atom stereocenters. The number of primary amides is 1. The number of piperidine rings is 1. The average Bonchev–Trinajstić information content (AvgIpc) is 3.11. The van der Waals surface area contributed by atoms with Crippen molar-refractivity contribution in [2.24, 2.45) is 11.7 Å². The fourth-order valence-electron chi connectivity index (χ4n) is 3.65. The summed E-state index contributed by atoms with van der Waals surface area (Å²) in [6.07, 6.45) is 3.30. The molecule has 6 heteroatoms. The van der Waals surface area contributed by atoms with Crippen LogP contribution < -0.4 is 10.6 Å². The van der Waals surface area contributed by atoms with Gasteiger partial charge in [-0.15, -0.1) is 11.3 Å². The van der Waals surface area contributed by atoms with E-state index in [1.807, 2.05) is 18.2 Å². The molecule has 4 rings (SSSR count). The van der Waals surface area contributed by atoms with Crippen molar-refractivity contribution < 1.29 is 4.79 Å². The van der Waals surface area contributed by atoms with E-state index in [1.54, 1.807) is 11.3 Å². The molecule has 27 heavy (non-hydrogen) atoms. The first-order valence-electron chi connectivity index (χ1n) is 9.51. The summed E-state index contributed by atoms with van der Waals surface area (Å²) < 4.78 is 0. The number of anilines is 1. The van der Waals surface area contributed by atoms with E-state index in [2.05, 4.69) is 30.0 Å². The summed E-state index contributed by atoms with van der Waals surface area (Å²) in [7, 11) is 0. The average molecular weight is 381 g/mol. The zero-order chi connectivity index (χ0) is 18.8. The Labute approximate surface area is 163 Å². The number of rotatable bonds is 5. The second-order valence-corrected chi connectivity index (χ2v) is 8.19. The number of fused-ring (bicyclic) bond motifs is 1. The maximum absolute atomic E-state index is 11.5. The lowest BCUT2D eigenvalue weighted by Gasteiger charge is -2.32. The molecular formula is C21H24N4OS. The SMILES string of the molecule is CCc1cc2c(N3CCC(C(N)=O)CC3)nc(Cc3ccccc3)nc2s1. The second-order valence-electron chi connectivity index (χ2n) is 7.07. The lowest BCUT2D eigenvalue weighted by atomic mass is 9.96. The Morgan fingerprint density at radius 1 is 1.22 bits per heavy atom. The molecular weight excluding hydrogens is 356 g/mol. The van der Waals surface area contributed by atoms with Gasteiger partial charge in [0, 0.05) is 30.3 Å². The van der Waals surface area contributed by atoms with Crippen molar-refractivity contribution in [2.75, 3.05) is 18.0 Å². The van der Waals surface area contributed by atoms with Gasteiger partial charge < -0.3 is 10.6 Å². The number of hydrogen-bond acceptors (Lipinski definition) is 5. The minimum Gasteiger partial charge on any atom is -0.369 e. The lowest BCUT2D eigenvalue weighted by molar-refractivity contribution is -0.122. The summed E-state index contributed by atoms with van der Waals surface area (Å²) in [5, 5.41) is 1.13. The largest absolute Gasteiger partial charge is 0.369 e. The van der Waals surface area contributed by atoms with Gasteiger partial charge in [-0.25, -0.2) is 9.97 Å². The van der Waals surface area contributed by atoms with Crippen molar-refractivity contribution in [3.63, 3.8) is 0 Å². The van der Waals surface area contributed by atoms with Crippen molar-refractivity contribution in [2.45, 2.75) is 32.6 Å². The molecule has 1 amide bonds. The highest BCUT2D eigenvalue weighted by Crippen LogP contribution is 2.33. The Morgan fingerprint density at radius 2 is 1.96 bits per heavy atom. The van der Waals surface area contributed by atoms with Crippen LogP contribution in [0.2, 0.25) is 0 Å². The summed E-state index contributed by atoms with van der Waals surface area (Å²) in [6, 6.07) is 12.6. The predicted molar refractivity (Wildman–Crippen MR) is 110 cm³/mol. The van der Waals surface area contributed by atoms with Crippen LogP contribution in [-0.4, -0.2) is 29.0 Å². The van der Waals surface area contributed by atoms with Gasteiger partial charge in [0.2, 0.25) is 5.91 Å². The third kappa shape index (κ3) is 3.81. The van der Waals surface area contributed by atoms with Crippen LogP contribution in [0, 0.1) is 5.92 Å². The number of carbonyl (C=O) groups excluding carboxylic acids is 1. The summed E-state index contributed by atoms with van der Waals surface area (Å²) in [5.41, 5.74) is 6.70. The van der Waals surface area contributed by atoms with E-state index in [9.17, 15) is 4.79 Å². The lowest BCUT2D eigenvalue weighted by Crippen LogP contribution is -2.39. The Morgan fingerprint density at radius 3 is 2.63 bits per heavy atom. The maximum Gasteiger partial charge on any atom is 0.220 e. The number of aryl methyl sites for hydroxylation is 1. The van der Waals surface area contributed by atoms with Gasteiger partial charge in [-0.05, 0) is 30.9 Å². The van der Waals surface area contributed by atoms with Crippen molar-refractivity contribution in [3.05, 3.63) is 52.7 Å². The number of amides is 1. The Bertz CT molecular complexity index is 945. The zero-order valence-electron chi connectivity index (χ0n) is 15.5. The highest BCUT2D eigenvalue weighted by molar-refractivity contribution is 7.18. The molecule has 1 fully saturated rings. The number of nitrogens with zero attached hydrogens (tertiary/aromatic N) is 3. The standard InChI is InChI=1S/C21H24N4OS/c1-2-16-13-17-20(25-10-8-15(9-11-25)19(22)26)23-18(24-21(17)27-16)12-14-6-4-3-5-7-14/h3-7,13,15H,2,8-12H2,1H3,(H2,22,26). The molecule has 1 aromatic carbocycles. The fraction of sp³-hybridized carbons (Fsp3) is 0.381. The number of carbonyl (C=O) groups is 1. The molecule has 140 valence electrons. The van der Waals surface area contributed by atoms with E-state index >= 15 is 0 Å². The van der Waals surface area contributed by atoms with E-state index in [0.717, 1.165) is 60.6 Å². The van der Waals surface area contributed by atoms with Crippen molar-refractivity contribution in [3.8, 4) is 0 Å². The first-order valence-corrected chi connectivity index (χ1v) is 10.3. The van der Waals surface area contributed by atoms with Crippen molar-refractivity contribution in [1.82, 2.24) is 9.97 Å². The van der Waals surface area contributed by atoms with Gasteiger partial charge in [0.25, 0.3) is 0 Å². The Balaban J connectivity index is 1.69. The molecule has 0 aliphatic carbocycles. The van der Waals surface area contributed by atoms with E-state index in [4.69, 9.17) is 15.7 Å². The third-order valence-electron chi connectivity index (χ3n) is 5.22. The molecule has 0 saturated carbocycles. The molecule has 1 aliphatic rings. The van der Waals surface area contributed by atoms with E-state index in [0.29, 0.717) is 0 Å². The predicted octanol–water partition coefficient (Wildman–Crippen LogP) is 3.55. The summed E-state index contributed by atoms with van der Waals surface area (Å²) in [5.74, 6) is 1.65. The van der Waals surface area contributed by atoms with E-state index < -0.39 is 0 Å². The minimum atomic E-state index is -0.184. The van der Waals surface area contributed by atoms with Crippen LogP contribution in [0.4, 0.5) is 5.82 Å². The van der Waals surface area contributed by atoms with Crippen LogP contribution in [0.3, 0.4) is 0 Å². The van der Waals surface area contributed by atoms with Crippen molar-refractivity contribution >= 4 is 33.3 Å². The molecule has 0 radical (unpaired) electrons. The summed E-state index contributed by atoms with van der Waals surface area (Å²) in [6.45, 7) is 3.78. The first-order chi connectivity index (χ1) is 13.1. The fourth-order valence-corrected chi connectivity index (χ4v) is 4.63. The zero-order valence-corrected chi connectivity index (χ0v) is 16.3. The van der Waals surface area contributed by atoms with Gasteiger partial charge in [0.1, 0.15) is 16.5 Å². The topological polar surface area (TPSA) is 72.1 Å². The molecule has 0 unspecified atom stereocenters. The maximum atomic E-state index is 11.5. The van der Waals surface area contributed by atoms with Crippen molar-refractivity contribution in [1.29, 1.82) is 0 Å². The second kappa shape index (κ2) is 7.64. The highest BCUT2D eigenvalue weighted by Gasteiger charge is 2.26.